The van der Waals surface area contributed by atoms with Crippen molar-refractivity contribution >= 4 is 39.7 Å². The maximum absolute atomic E-state index is 12.7. The van der Waals surface area contributed by atoms with Crippen LogP contribution in [-0.4, -0.2) is 66.5 Å². The summed E-state index contributed by atoms with van der Waals surface area (Å²) < 4.78 is 58.5. The van der Waals surface area contributed by atoms with Crippen LogP contribution < -0.4 is 28.4 Å². The van der Waals surface area contributed by atoms with Gasteiger partial charge in [-0.25, -0.2) is 13.2 Å². The van der Waals surface area contributed by atoms with Crippen LogP contribution in [0, 0.1) is 0 Å². The van der Waals surface area contributed by atoms with Crippen molar-refractivity contribution in [2.75, 3.05) is 39.8 Å². The number of nitrogens with one attached hydrogen (secondary N) is 1. The van der Waals surface area contributed by atoms with Crippen LogP contribution in [0.2, 0.25) is 0 Å². The van der Waals surface area contributed by atoms with Crippen molar-refractivity contribution in [2.24, 2.45) is 0 Å². The minimum absolute atomic E-state index is 0.0327. The van der Waals surface area contributed by atoms with E-state index < -0.39 is 47.4 Å². The Bertz CT molecular complexity index is 1280. The van der Waals surface area contributed by atoms with E-state index in [1.54, 1.807) is 12.1 Å². The van der Waals surface area contributed by atoms with E-state index in [9.17, 15) is 22.8 Å². The Kier molecular flexibility index (Phi) is 10.8. The second kappa shape index (κ2) is 13.7. The van der Waals surface area contributed by atoms with Crippen LogP contribution in [0.4, 0.5) is 5.69 Å². The molecule has 0 aromatic heterocycles. The van der Waals surface area contributed by atoms with Gasteiger partial charge >= 0.3 is 17.9 Å². The van der Waals surface area contributed by atoms with Gasteiger partial charge < -0.3 is 33.5 Å². The normalized spacial score (nSPS) is 10.9. The van der Waals surface area contributed by atoms with Gasteiger partial charge in [0.15, 0.2) is 18.1 Å². The average Bonchev–Trinajstić information content (AvgIpc) is 2.88. The number of rotatable bonds is 14. The summed E-state index contributed by atoms with van der Waals surface area (Å²) in [4.78, 5) is 34.1. The smallest absolute Gasteiger partial charge is 0.349 e. The number of carbonyl (C=O) groups excluding carboxylic acids is 2. The van der Waals surface area contributed by atoms with Gasteiger partial charge in [0, 0.05) is 18.2 Å². The molecule has 0 saturated carbocycles. The zero-order valence-electron chi connectivity index (χ0n) is 21.0. The summed E-state index contributed by atoms with van der Waals surface area (Å²) in [7, 11) is 1.53. The standard InChI is InChI=1S/C24H27NO12S/c1-32-16-12-19(34-3)17(20(13-16)35-4)9-10-38(30,31)25-15-5-6-18(33-2)21(11-15)37-24(29)14-36-23(28)8-7-22(26)27/h5-6,9-13,25H,7-8,14H2,1-4H3,(H,26,27). The van der Waals surface area contributed by atoms with Crippen molar-refractivity contribution in [3.05, 3.63) is 41.3 Å². The summed E-state index contributed by atoms with van der Waals surface area (Å²) in [6.07, 6.45) is 0.421. The summed E-state index contributed by atoms with van der Waals surface area (Å²) in [6, 6.07) is 7.06. The first-order chi connectivity index (χ1) is 18.0. The van der Waals surface area contributed by atoms with E-state index in [1.165, 1.54) is 52.7 Å². The van der Waals surface area contributed by atoms with Crippen molar-refractivity contribution in [3.8, 4) is 28.7 Å². The monoisotopic (exact) mass is 553 g/mol. The fraction of sp³-hybridized carbons (Fsp3) is 0.292. The van der Waals surface area contributed by atoms with Crippen molar-refractivity contribution < 1.29 is 56.3 Å². The first kappa shape index (κ1) is 29.8. The van der Waals surface area contributed by atoms with Crippen LogP contribution >= 0.6 is 0 Å². The maximum Gasteiger partial charge on any atom is 0.349 e. The average molecular weight is 554 g/mol. The number of hydrogen-bond acceptors (Lipinski definition) is 11. The molecule has 0 unspecified atom stereocenters. The van der Waals surface area contributed by atoms with E-state index >= 15 is 0 Å². The summed E-state index contributed by atoms with van der Waals surface area (Å²) in [6.45, 7) is -0.786. The Morgan fingerprint density at radius 2 is 1.47 bits per heavy atom. The fourth-order valence-corrected chi connectivity index (χ4v) is 3.78. The Hall–Kier alpha value is -4.46. The number of hydrogen-bond donors (Lipinski definition) is 2. The quantitative estimate of drug-likeness (QED) is 0.259. The van der Waals surface area contributed by atoms with Crippen LogP contribution in [0.1, 0.15) is 18.4 Å². The molecule has 0 atom stereocenters. The summed E-state index contributed by atoms with van der Waals surface area (Å²) in [5.41, 5.74) is 0.383. The third-order valence-electron chi connectivity index (χ3n) is 4.71. The molecule has 38 heavy (non-hydrogen) atoms. The molecule has 2 aromatic carbocycles. The number of carboxylic acid groups (broad SMARTS) is 1. The van der Waals surface area contributed by atoms with Crippen LogP contribution in [-0.2, 0) is 29.1 Å². The first-order valence-corrected chi connectivity index (χ1v) is 12.3. The van der Waals surface area contributed by atoms with E-state index in [0.717, 1.165) is 5.41 Å². The first-order valence-electron chi connectivity index (χ1n) is 10.8. The molecule has 0 spiro atoms. The Balaban J connectivity index is 2.17. The van der Waals surface area contributed by atoms with Crippen molar-refractivity contribution in [2.45, 2.75) is 12.8 Å². The minimum atomic E-state index is -4.07. The van der Waals surface area contributed by atoms with Crippen LogP contribution in [0.3, 0.4) is 0 Å². The number of benzene rings is 2. The molecule has 13 nitrogen and oxygen atoms in total. The molecular formula is C24H27NO12S. The van der Waals surface area contributed by atoms with E-state index in [2.05, 4.69) is 9.46 Å². The van der Waals surface area contributed by atoms with Crippen molar-refractivity contribution in [3.63, 3.8) is 0 Å². The van der Waals surface area contributed by atoms with E-state index in [1.807, 2.05) is 0 Å². The molecule has 0 heterocycles. The second-order valence-electron chi connectivity index (χ2n) is 7.29. The zero-order valence-corrected chi connectivity index (χ0v) is 21.8. The highest BCUT2D eigenvalue weighted by atomic mass is 32.2. The Labute approximate surface area is 218 Å². The highest BCUT2D eigenvalue weighted by Crippen LogP contribution is 2.35. The van der Waals surface area contributed by atoms with Crippen LogP contribution in [0.15, 0.2) is 35.7 Å². The van der Waals surface area contributed by atoms with Gasteiger partial charge in [-0.1, -0.05) is 0 Å². The number of carboxylic acids is 1. The molecule has 206 valence electrons. The highest BCUT2D eigenvalue weighted by molar-refractivity contribution is 7.95. The number of carbonyl (C=O) groups is 3. The third kappa shape index (κ3) is 8.89. The third-order valence-corrected chi connectivity index (χ3v) is 5.72. The van der Waals surface area contributed by atoms with E-state index in [-0.39, 0.29) is 17.2 Å². The maximum atomic E-state index is 12.7. The van der Waals surface area contributed by atoms with Gasteiger partial charge in [0.25, 0.3) is 10.0 Å². The molecule has 0 bridgehead atoms. The highest BCUT2D eigenvalue weighted by Gasteiger charge is 2.17. The number of anilines is 1. The molecule has 2 N–H and O–H groups in total. The summed E-state index contributed by atoms with van der Waals surface area (Å²) >= 11 is 0. The molecule has 0 amide bonds. The second-order valence-corrected chi connectivity index (χ2v) is 8.86. The number of sulfonamides is 1. The molecule has 0 aliphatic carbocycles. The molecule has 0 saturated heterocycles. The summed E-state index contributed by atoms with van der Waals surface area (Å²) in [5.74, 6) is -2.05. The summed E-state index contributed by atoms with van der Waals surface area (Å²) in [5, 5.41) is 9.47. The van der Waals surface area contributed by atoms with Gasteiger partial charge in [-0.15, -0.1) is 0 Å². The van der Waals surface area contributed by atoms with Gasteiger partial charge in [0.2, 0.25) is 0 Å². The number of esters is 2. The van der Waals surface area contributed by atoms with Gasteiger partial charge in [0.1, 0.15) is 17.2 Å². The number of aliphatic carboxylic acids is 1. The topological polar surface area (TPSA) is 173 Å². The molecule has 14 heteroatoms. The minimum Gasteiger partial charge on any atom is -0.496 e. The number of methoxy groups -OCH3 is 4. The molecule has 2 rings (SSSR count). The Morgan fingerprint density at radius 1 is 0.842 bits per heavy atom. The van der Waals surface area contributed by atoms with Gasteiger partial charge in [-0.2, -0.15) is 0 Å². The van der Waals surface area contributed by atoms with Gasteiger partial charge in [0.05, 0.1) is 57.9 Å². The molecule has 0 aliphatic rings. The number of ether oxygens (including phenoxy) is 6. The fourth-order valence-electron chi connectivity index (χ4n) is 2.95. The van der Waals surface area contributed by atoms with E-state index in [0.29, 0.717) is 22.8 Å². The van der Waals surface area contributed by atoms with Crippen molar-refractivity contribution in [1.29, 1.82) is 0 Å². The molecular weight excluding hydrogens is 526 g/mol. The lowest BCUT2D eigenvalue weighted by Crippen LogP contribution is -2.19. The SMILES string of the molecule is COc1cc(OC)c(C=CS(=O)(=O)Nc2ccc(OC)c(OC(=O)COC(=O)CCC(=O)O)c2)c(OC)c1. The molecule has 0 aliphatic heterocycles. The van der Waals surface area contributed by atoms with Crippen molar-refractivity contribution in [1.82, 2.24) is 0 Å². The molecule has 0 fully saturated rings. The van der Waals surface area contributed by atoms with Gasteiger partial charge in [-0.3, -0.25) is 14.3 Å². The molecule has 2 aromatic rings. The molecule has 0 radical (unpaired) electrons. The van der Waals surface area contributed by atoms with E-state index in [4.69, 9.17) is 28.8 Å². The largest absolute Gasteiger partial charge is 0.496 e. The Morgan fingerprint density at radius 3 is 2.03 bits per heavy atom. The van der Waals surface area contributed by atoms with Crippen LogP contribution in [0.5, 0.6) is 28.7 Å². The lowest BCUT2D eigenvalue weighted by Gasteiger charge is -2.13. The zero-order chi connectivity index (χ0) is 28.3. The lowest BCUT2D eigenvalue weighted by atomic mass is 10.1. The van der Waals surface area contributed by atoms with Gasteiger partial charge in [-0.05, 0) is 18.2 Å². The van der Waals surface area contributed by atoms with Crippen LogP contribution in [0.25, 0.3) is 6.08 Å². The predicted molar refractivity (Wildman–Crippen MR) is 134 cm³/mol. The predicted octanol–water partition coefficient (Wildman–Crippen LogP) is 2.45. The lowest BCUT2D eigenvalue weighted by molar-refractivity contribution is -0.154.